The van der Waals surface area contributed by atoms with E-state index >= 15 is 0 Å². The highest BCUT2D eigenvalue weighted by atomic mass is 79.9. The van der Waals surface area contributed by atoms with Crippen LogP contribution in [0.3, 0.4) is 0 Å². The van der Waals surface area contributed by atoms with Crippen molar-refractivity contribution in [3.05, 3.63) is 27.2 Å². The predicted octanol–water partition coefficient (Wildman–Crippen LogP) is 3.53. The largest absolute Gasteiger partial charge is 0.240 e. The summed E-state index contributed by atoms with van der Waals surface area (Å²) >= 11 is 11.7. The second-order valence-corrected chi connectivity index (χ2v) is 3.60. The molecule has 1 aromatic heterocycles. The van der Waals surface area contributed by atoms with Crippen molar-refractivity contribution in [2.24, 2.45) is 0 Å². The summed E-state index contributed by atoms with van der Waals surface area (Å²) in [5, 5.41) is 0.324. The SMILES string of the molecule is Fc1c(Cl)ncc(Br)c1CBr. The summed E-state index contributed by atoms with van der Waals surface area (Å²) in [6.45, 7) is 0. The summed E-state index contributed by atoms with van der Waals surface area (Å²) in [4.78, 5) is 3.61. The molecule has 0 aromatic carbocycles. The highest BCUT2D eigenvalue weighted by molar-refractivity contribution is 9.10. The first kappa shape index (κ1) is 9.42. The molecule has 0 bridgehead atoms. The summed E-state index contributed by atoms with van der Waals surface area (Å²) in [5.41, 5.74) is 0.491. The van der Waals surface area contributed by atoms with Gasteiger partial charge in [0.15, 0.2) is 11.0 Å². The molecule has 0 atom stereocenters. The molecule has 0 saturated heterocycles. The van der Waals surface area contributed by atoms with Crippen LogP contribution in [-0.2, 0) is 5.33 Å². The van der Waals surface area contributed by atoms with Gasteiger partial charge in [0.2, 0.25) is 0 Å². The van der Waals surface area contributed by atoms with Crippen molar-refractivity contribution < 1.29 is 4.39 Å². The molecule has 0 unspecified atom stereocenters. The van der Waals surface area contributed by atoms with Gasteiger partial charge in [0, 0.05) is 21.6 Å². The van der Waals surface area contributed by atoms with Crippen LogP contribution >= 0.6 is 43.5 Å². The summed E-state index contributed by atoms with van der Waals surface area (Å²) in [6.07, 6.45) is 1.47. The van der Waals surface area contributed by atoms with Gasteiger partial charge in [0.05, 0.1) is 0 Å². The molecular weight excluding hydrogens is 300 g/mol. The first-order valence-corrected chi connectivity index (χ1v) is 5.00. The molecule has 0 spiro atoms. The second kappa shape index (κ2) is 3.83. The van der Waals surface area contributed by atoms with E-state index in [2.05, 4.69) is 36.8 Å². The van der Waals surface area contributed by atoms with Crippen LogP contribution in [-0.4, -0.2) is 4.98 Å². The monoisotopic (exact) mass is 301 g/mol. The number of nitrogens with zero attached hydrogens (tertiary/aromatic N) is 1. The molecular formula is C6H3Br2ClFN. The maximum absolute atomic E-state index is 13.0. The van der Waals surface area contributed by atoms with E-state index in [1.807, 2.05) is 0 Å². The number of alkyl halides is 1. The fourth-order valence-corrected chi connectivity index (χ4v) is 2.10. The van der Waals surface area contributed by atoms with Crippen molar-refractivity contribution in [1.29, 1.82) is 0 Å². The summed E-state index contributed by atoms with van der Waals surface area (Å²) in [6, 6.07) is 0. The molecule has 0 saturated carbocycles. The number of hydrogen-bond acceptors (Lipinski definition) is 1. The average molecular weight is 303 g/mol. The number of aromatic nitrogens is 1. The smallest absolute Gasteiger partial charge is 0.165 e. The van der Waals surface area contributed by atoms with Crippen LogP contribution in [0.5, 0.6) is 0 Å². The van der Waals surface area contributed by atoms with Crippen LogP contribution in [0.2, 0.25) is 5.15 Å². The molecule has 0 aliphatic heterocycles. The van der Waals surface area contributed by atoms with Gasteiger partial charge in [0.1, 0.15) is 0 Å². The molecule has 0 amide bonds. The minimum Gasteiger partial charge on any atom is -0.240 e. The molecule has 0 aliphatic carbocycles. The Balaban J connectivity index is 3.29. The zero-order chi connectivity index (χ0) is 8.43. The Hall–Kier alpha value is 0.330. The van der Waals surface area contributed by atoms with Gasteiger partial charge < -0.3 is 0 Å². The van der Waals surface area contributed by atoms with Gasteiger partial charge >= 0.3 is 0 Å². The highest BCUT2D eigenvalue weighted by Crippen LogP contribution is 2.25. The molecule has 1 heterocycles. The molecule has 5 heteroatoms. The summed E-state index contributed by atoms with van der Waals surface area (Å²) < 4.78 is 13.6. The average Bonchev–Trinajstić information content (AvgIpc) is 1.99. The lowest BCUT2D eigenvalue weighted by molar-refractivity contribution is 0.610. The Morgan fingerprint density at radius 3 is 2.73 bits per heavy atom. The Labute approximate surface area is 85.2 Å². The van der Waals surface area contributed by atoms with Crippen molar-refractivity contribution in [1.82, 2.24) is 4.98 Å². The predicted molar refractivity (Wildman–Crippen MR) is 49.5 cm³/mol. The Morgan fingerprint density at radius 1 is 1.64 bits per heavy atom. The molecule has 1 rings (SSSR count). The molecule has 1 aromatic rings. The van der Waals surface area contributed by atoms with Crippen LogP contribution in [0.4, 0.5) is 4.39 Å². The van der Waals surface area contributed by atoms with Crippen molar-refractivity contribution in [3.8, 4) is 0 Å². The van der Waals surface area contributed by atoms with Gasteiger partial charge in [-0.3, -0.25) is 0 Å². The van der Waals surface area contributed by atoms with E-state index in [4.69, 9.17) is 11.6 Å². The lowest BCUT2D eigenvalue weighted by Gasteiger charge is -2.01. The molecule has 11 heavy (non-hydrogen) atoms. The first-order valence-electron chi connectivity index (χ1n) is 2.71. The van der Waals surface area contributed by atoms with Crippen molar-refractivity contribution in [2.45, 2.75) is 5.33 Å². The fourth-order valence-electron chi connectivity index (χ4n) is 0.600. The van der Waals surface area contributed by atoms with Crippen LogP contribution < -0.4 is 0 Å². The molecule has 0 radical (unpaired) electrons. The van der Waals surface area contributed by atoms with Crippen LogP contribution in [0.15, 0.2) is 10.7 Å². The van der Waals surface area contributed by atoms with Gasteiger partial charge in [0.25, 0.3) is 0 Å². The van der Waals surface area contributed by atoms with Gasteiger partial charge in [-0.1, -0.05) is 27.5 Å². The quantitative estimate of drug-likeness (QED) is 0.571. The van der Waals surface area contributed by atoms with Gasteiger partial charge in [-0.25, -0.2) is 9.37 Å². The fraction of sp³-hybridized carbons (Fsp3) is 0.167. The van der Waals surface area contributed by atoms with E-state index in [-0.39, 0.29) is 5.15 Å². The zero-order valence-corrected chi connectivity index (χ0v) is 9.17. The van der Waals surface area contributed by atoms with Crippen molar-refractivity contribution >= 4 is 43.5 Å². The Morgan fingerprint density at radius 2 is 2.27 bits per heavy atom. The molecule has 0 N–H and O–H groups in total. The van der Waals surface area contributed by atoms with Gasteiger partial charge in [-0.05, 0) is 15.9 Å². The maximum Gasteiger partial charge on any atom is 0.165 e. The Bertz CT molecular complexity index is 280. The second-order valence-electron chi connectivity index (χ2n) is 1.82. The summed E-state index contributed by atoms with van der Waals surface area (Å²) in [7, 11) is 0. The molecule has 0 fully saturated rings. The van der Waals surface area contributed by atoms with E-state index in [0.29, 0.717) is 15.4 Å². The number of hydrogen-bond donors (Lipinski definition) is 0. The normalized spacial score (nSPS) is 10.2. The number of rotatable bonds is 1. The number of pyridine rings is 1. The van der Waals surface area contributed by atoms with Crippen LogP contribution in [0, 0.1) is 5.82 Å². The third-order valence-electron chi connectivity index (χ3n) is 1.16. The lowest BCUT2D eigenvalue weighted by atomic mass is 10.3. The van der Waals surface area contributed by atoms with Crippen molar-refractivity contribution in [3.63, 3.8) is 0 Å². The van der Waals surface area contributed by atoms with E-state index in [1.165, 1.54) is 6.20 Å². The van der Waals surface area contributed by atoms with Gasteiger partial charge in [-0.15, -0.1) is 0 Å². The minimum atomic E-state index is -0.474. The highest BCUT2D eigenvalue weighted by Gasteiger charge is 2.09. The van der Waals surface area contributed by atoms with Crippen LogP contribution in [0.1, 0.15) is 5.56 Å². The topological polar surface area (TPSA) is 12.9 Å². The standard InChI is InChI=1S/C6H3Br2ClFN/c7-1-3-4(8)2-11-6(9)5(3)10/h2H,1H2. The zero-order valence-electron chi connectivity index (χ0n) is 5.24. The Kier molecular flexibility index (Phi) is 3.28. The van der Waals surface area contributed by atoms with E-state index in [1.54, 1.807) is 0 Å². The maximum atomic E-state index is 13.0. The van der Waals surface area contributed by atoms with E-state index in [9.17, 15) is 4.39 Å². The first-order chi connectivity index (χ1) is 5.16. The van der Waals surface area contributed by atoms with E-state index < -0.39 is 5.82 Å². The molecule has 1 nitrogen and oxygen atoms in total. The molecule has 60 valence electrons. The third-order valence-corrected chi connectivity index (χ3v) is 2.67. The summed E-state index contributed by atoms with van der Waals surface area (Å²) in [5.74, 6) is -0.474. The van der Waals surface area contributed by atoms with E-state index in [0.717, 1.165) is 0 Å². The van der Waals surface area contributed by atoms with Crippen molar-refractivity contribution in [2.75, 3.05) is 0 Å². The van der Waals surface area contributed by atoms with Crippen LogP contribution in [0.25, 0.3) is 0 Å². The van der Waals surface area contributed by atoms with Gasteiger partial charge in [-0.2, -0.15) is 0 Å². The third kappa shape index (κ3) is 1.92. The lowest BCUT2D eigenvalue weighted by Crippen LogP contribution is -1.91. The number of halogens is 4. The molecule has 0 aliphatic rings. The minimum absolute atomic E-state index is 0.0948.